The Bertz CT molecular complexity index is 848. The molecule has 0 bridgehead atoms. The van der Waals surface area contributed by atoms with Crippen LogP contribution >= 0.6 is 0 Å². The summed E-state index contributed by atoms with van der Waals surface area (Å²) in [5.41, 5.74) is 3.66. The highest BCUT2D eigenvalue weighted by atomic mass is 16.5. The van der Waals surface area contributed by atoms with Gasteiger partial charge in [-0.15, -0.1) is 0 Å². The third-order valence-electron chi connectivity index (χ3n) is 5.21. The molecule has 4 rings (SSSR count). The molecule has 1 amide bonds. The van der Waals surface area contributed by atoms with Crippen molar-refractivity contribution in [2.45, 2.75) is 25.4 Å². The first-order valence-corrected chi connectivity index (χ1v) is 9.43. The number of nitrogens with one attached hydrogen (secondary N) is 1. The van der Waals surface area contributed by atoms with Crippen LogP contribution < -0.4 is 5.32 Å². The van der Waals surface area contributed by atoms with Gasteiger partial charge in [0.2, 0.25) is 0 Å². The highest BCUT2D eigenvalue weighted by molar-refractivity contribution is 5.95. The minimum Gasteiger partial charge on any atom is -0.508 e. The average Bonchev–Trinajstić information content (AvgIpc) is 2.94. The van der Waals surface area contributed by atoms with Gasteiger partial charge < -0.3 is 20.1 Å². The molecule has 0 saturated carbocycles. The van der Waals surface area contributed by atoms with Crippen molar-refractivity contribution in [1.29, 1.82) is 0 Å². The summed E-state index contributed by atoms with van der Waals surface area (Å²) in [6.07, 6.45) is 1.70. The van der Waals surface area contributed by atoms with E-state index in [4.69, 9.17) is 4.74 Å². The third kappa shape index (κ3) is 3.69. The standard InChI is InChI=1S/C22H24N2O3/c25-20-9-5-4-8-18(20)21-23-19-12-15-27-14-11-17(19)22(26)24(21)13-10-16-6-2-1-3-7-16/h1-9,21,23,25H,10-15H2. The van der Waals surface area contributed by atoms with E-state index in [1.54, 1.807) is 12.1 Å². The molecular formula is C22H24N2O3. The number of para-hydroxylation sites is 1. The fourth-order valence-corrected chi connectivity index (χ4v) is 3.77. The van der Waals surface area contributed by atoms with Crippen LogP contribution in [0.4, 0.5) is 0 Å². The third-order valence-corrected chi connectivity index (χ3v) is 5.21. The van der Waals surface area contributed by atoms with Crippen molar-refractivity contribution in [2.75, 3.05) is 19.8 Å². The number of phenols is 1. The summed E-state index contributed by atoms with van der Waals surface area (Å²) in [4.78, 5) is 15.2. The maximum absolute atomic E-state index is 13.3. The molecule has 1 unspecified atom stereocenters. The van der Waals surface area contributed by atoms with E-state index in [1.165, 1.54) is 5.56 Å². The Morgan fingerprint density at radius 3 is 2.59 bits per heavy atom. The number of carbonyl (C=O) groups is 1. The Morgan fingerprint density at radius 1 is 1.04 bits per heavy atom. The zero-order valence-corrected chi connectivity index (χ0v) is 15.2. The largest absolute Gasteiger partial charge is 0.508 e. The van der Waals surface area contributed by atoms with Gasteiger partial charge in [-0.05, 0) is 18.1 Å². The molecule has 5 nitrogen and oxygen atoms in total. The maximum Gasteiger partial charge on any atom is 0.253 e. The molecule has 0 aliphatic carbocycles. The van der Waals surface area contributed by atoms with Crippen LogP contribution in [-0.4, -0.2) is 35.7 Å². The van der Waals surface area contributed by atoms with E-state index in [2.05, 4.69) is 17.4 Å². The number of phenolic OH excluding ortho intramolecular Hbond substituents is 1. The number of benzene rings is 2. The lowest BCUT2D eigenvalue weighted by molar-refractivity contribution is -0.131. The number of amides is 1. The van der Waals surface area contributed by atoms with Crippen molar-refractivity contribution < 1.29 is 14.6 Å². The van der Waals surface area contributed by atoms with E-state index >= 15 is 0 Å². The lowest BCUT2D eigenvalue weighted by atomic mass is 9.99. The number of carbonyl (C=O) groups excluding carboxylic acids is 1. The molecule has 0 aromatic heterocycles. The van der Waals surface area contributed by atoms with E-state index in [9.17, 15) is 9.90 Å². The summed E-state index contributed by atoms with van der Waals surface area (Å²) in [5, 5.41) is 13.9. The number of hydrogen-bond acceptors (Lipinski definition) is 4. The Kier molecular flexibility index (Phi) is 5.12. The minimum absolute atomic E-state index is 0.0402. The van der Waals surface area contributed by atoms with Crippen molar-refractivity contribution in [3.8, 4) is 5.75 Å². The normalized spacial score (nSPS) is 20.1. The second-order valence-corrected chi connectivity index (χ2v) is 6.91. The minimum atomic E-state index is -0.376. The van der Waals surface area contributed by atoms with Crippen LogP contribution in [0.15, 0.2) is 65.9 Å². The van der Waals surface area contributed by atoms with Crippen molar-refractivity contribution in [3.63, 3.8) is 0 Å². The van der Waals surface area contributed by atoms with Crippen LogP contribution in [0.5, 0.6) is 5.75 Å². The highest BCUT2D eigenvalue weighted by Crippen LogP contribution is 2.34. The number of nitrogens with zero attached hydrogens (tertiary/aromatic N) is 1. The fraction of sp³-hybridized carbons (Fsp3) is 0.318. The van der Waals surface area contributed by atoms with Crippen LogP contribution in [0, 0.1) is 0 Å². The van der Waals surface area contributed by atoms with Gasteiger partial charge in [-0.1, -0.05) is 48.5 Å². The van der Waals surface area contributed by atoms with Crippen LogP contribution in [0.3, 0.4) is 0 Å². The predicted octanol–water partition coefficient (Wildman–Crippen LogP) is 3.13. The van der Waals surface area contributed by atoms with E-state index < -0.39 is 0 Å². The summed E-state index contributed by atoms with van der Waals surface area (Å²) in [7, 11) is 0. The molecule has 140 valence electrons. The second-order valence-electron chi connectivity index (χ2n) is 6.91. The lowest BCUT2D eigenvalue weighted by Gasteiger charge is -2.39. The molecule has 0 radical (unpaired) electrons. The maximum atomic E-state index is 13.3. The van der Waals surface area contributed by atoms with Gasteiger partial charge in [0.1, 0.15) is 11.9 Å². The van der Waals surface area contributed by atoms with Crippen LogP contribution in [0.1, 0.15) is 30.1 Å². The molecule has 2 N–H and O–H groups in total. The van der Waals surface area contributed by atoms with E-state index in [0.717, 1.165) is 23.3 Å². The molecule has 5 heteroatoms. The molecule has 27 heavy (non-hydrogen) atoms. The van der Waals surface area contributed by atoms with Gasteiger partial charge >= 0.3 is 0 Å². The van der Waals surface area contributed by atoms with Crippen LogP contribution in [-0.2, 0) is 16.0 Å². The molecule has 1 atom stereocenters. The Morgan fingerprint density at radius 2 is 1.78 bits per heavy atom. The Labute approximate surface area is 159 Å². The Hall–Kier alpha value is -2.79. The van der Waals surface area contributed by atoms with Gasteiger partial charge in [0.25, 0.3) is 5.91 Å². The van der Waals surface area contributed by atoms with Gasteiger partial charge in [0, 0.05) is 36.2 Å². The molecule has 2 aliphatic heterocycles. The average molecular weight is 364 g/mol. The van der Waals surface area contributed by atoms with Gasteiger partial charge in [-0.25, -0.2) is 0 Å². The first kappa shape index (κ1) is 17.6. The topological polar surface area (TPSA) is 61.8 Å². The summed E-state index contributed by atoms with van der Waals surface area (Å²) >= 11 is 0. The summed E-state index contributed by atoms with van der Waals surface area (Å²) < 4.78 is 5.56. The van der Waals surface area contributed by atoms with E-state index in [0.29, 0.717) is 32.6 Å². The molecular weight excluding hydrogens is 340 g/mol. The molecule has 0 saturated heterocycles. The van der Waals surface area contributed by atoms with Crippen molar-refractivity contribution in [3.05, 3.63) is 77.0 Å². The van der Waals surface area contributed by atoms with E-state index in [-0.39, 0.29) is 17.8 Å². The molecule has 2 heterocycles. The number of hydrogen-bond donors (Lipinski definition) is 2. The second kappa shape index (κ2) is 7.84. The van der Waals surface area contributed by atoms with Gasteiger partial charge in [0.15, 0.2) is 0 Å². The van der Waals surface area contributed by atoms with Crippen molar-refractivity contribution >= 4 is 5.91 Å². The Balaban J connectivity index is 1.66. The van der Waals surface area contributed by atoms with Gasteiger partial charge in [-0.3, -0.25) is 4.79 Å². The van der Waals surface area contributed by atoms with Crippen LogP contribution in [0.25, 0.3) is 0 Å². The summed E-state index contributed by atoms with van der Waals surface area (Å²) in [6.45, 7) is 1.75. The quantitative estimate of drug-likeness (QED) is 0.875. The van der Waals surface area contributed by atoms with Gasteiger partial charge in [-0.2, -0.15) is 0 Å². The molecule has 0 spiro atoms. The first-order chi connectivity index (χ1) is 13.2. The highest BCUT2D eigenvalue weighted by Gasteiger charge is 2.35. The van der Waals surface area contributed by atoms with Crippen LogP contribution in [0.2, 0.25) is 0 Å². The fourth-order valence-electron chi connectivity index (χ4n) is 3.77. The van der Waals surface area contributed by atoms with Gasteiger partial charge in [0.05, 0.1) is 13.2 Å². The van der Waals surface area contributed by atoms with E-state index in [1.807, 2.05) is 35.2 Å². The number of aromatic hydroxyl groups is 1. The number of ether oxygens (including phenoxy) is 1. The zero-order valence-electron chi connectivity index (χ0n) is 15.2. The predicted molar refractivity (Wildman–Crippen MR) is 103 cm³/mol. The monoisotopic (exact) mass is 364 g/mol. The SMILES string of the molecule is O=C1C2=C(CCOCC2)NC(c2ccccc2O)N1CCc1ccccc1. The molecule has 0 fully saturated rings. The first-order valence-electron chi connectivity index (χ1n) is 9.43. The number of rotatable bonds is 4. The lowest BCUT2D eigenvalue weighted by Crippen LogP contribution is -2.48. The zero-order chi connectivity index (χ0) is 18.6. The molecule has 2 aromatic rings. The molecule has 2 aliphatic rings. The smallest absolute Gasteiger partial charge is 0.253 e. The molecule has 2 aromatic carbocycles. The van der Waals surface area contributed by atoms with Crippen molar-refractivity contribution in [2.24, 2.45) is 0 Å². The summed E-state index contributed by atoms with van der Waals surface area (Å²) in [6, 6.07) is 17.4. The van der Waals surface area contributed by atoms with Crippen molar-refractivity contribution in [1.82, 2.24) is 10.2 Å². The summed E-state index contributed by atoms with van der Waals surface area (Å²) in [5.74, 6) is 0.236.